The fraction of sp³-hybridized carbons (Fsp3) is 0.167. The molecule has 0 aliphatic carbocycles. The Morgan fingerprint density at radius 3 is 2.45 bits per heavy atom. The van der Waals surface area contributed by atoms with E-state index in [9.17, 15) is 9.90 Å². The van der Waals surface area contributed by atoms with Crippen LogP contribution in [0.15, 0.2) is 60.7 Å². The van der Waals surface area contributed by atoms with Gasteiger partial charge in [0, 0.05) is 11.6 Å². The van der Waals surface area contributed by atoms with E-state index in [1.807, 2.05) is 66.7 Å². The molecule has 0 fully saturated rings. The molecule has 1 unspecified atom stereocenters. The minimum Gasteiger partial charge on any atom is -0.480 e. The lowest BCUT2D eigenvalue weighted by Gasteiger charge is -2.13. The monoisotopic (exact) mass is 315 g/mol. The van der Waals surface area contributed by atoms with Gasteiger partial charge in [0.05, 0.1) is 0 Å². The molecule has 114 valence electrons. The summed E-state index contributed by atoms with van der Waals surface area (Å²) in [5.41, 5.74) is 2.03. The van der Waals surface area contributed by atoms with Crippen molar-refractivity contribution in [2.75, 3.05) is 6.54 Å². The molecule has 0 spiro atoms. The van der Waals surface area contributed by atoms with Crippen LogP contribution in [0.2, 0.25) is 5.02 Å². The van der Waals surface area contributed by atoms with Crippen LogP contribution >= 0.6 is 11.6 Å². The van der Waals surface area contributed by atoms with Gasteiger partial charge in [0.25, 0.3) is 0 Å². The molecular weight excluding hydrogens is 298 g/mol. The van der Waals surface area contributed by atoms with E-state index in [1.54, 1.807) is 0 Å². The Kier molecular flexibility index (Phi) is 6.19. The maximum Gasteiger partial charge on any atom is 0.321 e. The summed E-state index contributed by atoms with van der Waals surface area (Å²) in [7, 11) is 0. The lowest BCUT2D eigenvalue weighted by Crippen LogP contribution is -2.38. The Morgan fingerprint density at radius 1 is 1.14 bits per heavy atom. The summed E-state index contributed by atoms with van der Waals surface area (Å²) in [6.45, 7) is 0.492. The quantitative estimate of drug-likeness (QED) is 0.820. The van der Waals surface area contributed by atoms with E-state index in [2.05, 4.69) is 5.32 Å². The Labute approximate surface area is 135 Å². The van der Waals surface area contributed by atoms with Gasteiger partial charge in [-0.2, -0.15) is 0 Å². The lowest BCUT2D eigenvalue weighted by molar-refractivity contribution is -0.139. The zero-order valence-corrected chi connectivity index (χ0v) is 12.8. The molecule has 0 aromatic heterocycles. The van der Waals surface area contributed by atoms with Gasteiger partial charge < -0.3 is 10.4 Å². The van der Waals surface area contributed by atoms with Gasteiger partial charge in [-0.05, 0) is 29.7 Å². The summed E-state index contributed by atoms with van der Waals surface area (Å²) in [5.74, 6) is -0.844. The molecule has 0 saturated carbocycles. The van der Waals surface area contributed by atoms with Crippen LogP contribution in [0, 0.1) is 0 Å². The molecule has 0 saturated heterocycles. The van der Waals surface area contributed by atoms with Crippen molar-refractivity contribution in [1.82, 2.24) is 5.32 Å². The standard InChI is InChI=1S/C18H18ClNO2/c19-16-10-8-14(9-11-16)7-4-12-20-17(18(21)22)13-15-5-2-1-3-6-15/h1-11,17,20H,12-13H2,(H,21,22)/b7-4+. The summed E-state index contributed by atoms with van der Waals surface area (Å²) >= 11 is 5.82. The zero-order chi connectivity index (χ0) is 15.8. The topological polar surface area (TPSA) is 49.3 Å². The fourth-order valence-electron chi connectivity index (χ4n) is 2.08. The minimum atomic E-state index is -0.844. The molecule has 0 radical (unpaired) electrons. The van der Waals surface area contributed by atoms with E-state index in [4.69, 9.17) is 11.6 Å². The van der Waals surface area contributed by atoms with Crippen molar-refractivity contribution in [2.24, 2.45) is 0 Å². The SMILES string of the molecule is O=C(O)C(Cc1ccccc1)NC/C=C/c1ccc(Cl)cc1. The second kappa shape index (κ2) is 8.37. The third kappa shape index (κ3) is 5.35. The Morgan fingerprint density at radius 2 is 1.82 bits per heavy atom. The minimum absolute atomic E-state index is 0.463. The molecule has 2 N–H and O–H groups in total. The summed E-state index contributed by atoms with van der Waals surface area (Å²) in [6.07, 6.45) is 4.31. The van der Waals surface area contributed by atoms with Crippen LogP contribution in [0.1, 0.15) is 11.1 Å². The molecule has 1 atom stereocenters. The number of benzene rings is 2. The second-order valence-electron chi connectivity index (χ2n) is 4.94. The van der Waals surface area contributed by atoms with Gasteiger partial charge in [0.1, 0.15) is 6.04 Å². The normalized spacial score (nSPS) is 12.4. The average Bonchev–Trinajstić information content (AvgIpc) is 2.53. The number of aliphatic carboxylic acids is 1. The van der Waals surface area contributed by atoms with Gasteiger partial charge in [-0.3, -0.25) is 4.79 Å². The molecule has 0 heterocycles. The van der Waals surface area contributed by atoms with Gasteiger partial charge in [-0.15, -0.1) is 0 Å². The highest BCUT2D eigenvalue weighted by atomic mass is 35.5. The van der Waals surface area contributed by atoms with Gasteiger partial charge in [0.15, 0.2) is 0 Å². The van der Waals surface area contributed by atoms with Crippen LogP contribution in [0.5, 0.6) is 0 Å². The van der Waals surface area contributed by atoms with Crippen molar-refractivity contribution in [3.05, 3.63) is 76.8 Å². The predicted octanol–water partition coefficient (Wildman–Crippen LogP) is 3.64. The van der Waals surface area contributed by atoms with Gasteiger partial charge in [0.2, 0.25) is 0 Å². The van der Waals surface area contributed by atoms with Crippen molar-refractivity contribution in [3.8, 4) is 0 Å². The largest absolute Gasteiger partial charge is 0.480 e. The Bertz CT molecular complexity index is 623. The first-order chi connectivity index (χ1) is 10.6. The van der Waals surface area contributed by atoms with Crippen LogP contribution in [0.4, 0.5) is 0 Å². The molecular formula is C18H18ClNO2. The predicted molar refractivity (Wildman–Crippen MR) is 90.1 cm³/mol. The average molecular weight is 316 g/mol. The number of rotatable bonds is 7. The number of halogens is 1. The first kappa shape index (κ1) is 16.3. The fourth-order valence-corrected chi connectivity index (χ4v) is 2.20. The van der Waals surface area contributed by atoms with Crippen molar-refractivity contribution < 1.29 is 9.90 Å². The number of nitrogens with one attached hydrogen (secondary N) is 1. The molecule has 22 heavy (non-hydrogen) atoms. The highest BCUT2D eigenvalue weighted by Gasteiger charge is 2.16. The smallest absolute Gasteiger partial charge is 0.321 e. The Hall–Kier alpha value is -2.10. The molecule has 3 nitrogen and oxygen atoms in total. The van der Waals surface area contributed by atoms with Gasteiger partial charge in [-0.25, -0.2) is 0 Å². The van der Waals surface area contributed by atoms with Crippen LogP contribution in [-0.4, -0.2) is 23.7 Å². The Balaban J connectivity index is 1.86. The number of hydrogen-bond donors (Lipinski definition) is 2. The first-order valence-electron chi connectivity index (χ1n) is 7.07. The van der Waals surface area contributed by atoms with Crippen molar-refractivity contribution >= 4 is 23.6 Å². The van der Waals surface area contributed by atoms with Crippen LogP contribution < -0.4 is 5.32 Å². The van der Waals surface area contributed by atoms with Gasteiger partial charge in [-0.1, -0.05) is 66.2 Å². The molecule has 0 bridgehead atoms. The third-order valence-corrected chi connectivity index (χ3v) is 3.50. The van der Waals surface area contributed by atoms with Crippen LogP contribution in [0.3, 0.4) is 0 Å². The molecule has 2 aromatic carbocycles. The van der Waals surface area contributed by atoms with E-state index < -0.39 is 12.0 Å². The van der Waals surface area contributed by atoms with E-state index in [0.29, 0.717) is 18.0 Å². The number of carboxylic acids is 1. The summed E-state index contributed by atoms with van der Waals surface area (Å²) in [5, 5.41) is 13.0. The van der Waals surface area contributed by atoms with Crippen LogP contribution in [0.25, 0.3) is 6.08 Å². The molecule has 4 heteroatoms. The van der Waals surface area contributed by atoms with Crippen molar-refractivity contribution in [3.63, 3.8) is 0 Å². The second-order valence-corrected chi connectivity index (χ2v) is 5.38. The third-order valence-electron chi connectivity index (χ3n) is 3.24. The highest BCUT2D eigenvalue weighted by Crippen LogP contribution is 2.10. The maximum atomic E-state index is 11.3. The van der Waals surface area contributed by atoms with E-state index in [0.717, 1.165) is 11.1 Å². The molecule has 2 aromatic rings. The molecule has 0 aliphatic rings. The molecule has 2 rings (SSSR count). The maximum absolute atomic E-state index is 11.3. The van der Waals surface area contributed by atoms with Gasteiger partial charge >= 0.3 is 5.97 Å². The molecule has 0 amide bonds. The summed E-state index contributed by atoms with van der Waals surface area (Å²) < 4.78 is 0. The summed E-state index contributed by atoms with van der Waals surface area (Å²) in [6, 6.07) is 16.5. The van der Waals surface area contributed by atoms with Crippen molar-refractivity contribution in [2.45, 2.75) is 12.5 Å². The first-order valence-corrected chi connectivity index (χ1v) is 7.45. The van der Waals surface area contributed by atoms with E-state index in [-0.39, 0.29) is 0 Å². The van der Waals surface area contributed by atoms with E-state index >= 15 is 0 Å². The van der Waals surface area contributed by atoms with E-state index in [1.165, 1.54) is 0 Å². The summed E-state index contributed by atoms with van der Waals surface area (Å²) in [4.78, 5) is 11.3. The van der Waals surface area contributed by atoms with Crippen molar-refractivity contribution in [1.29, 1.82) is 0 Å². The number of hydrogen-bond acceptors (Lipinski definition) is 2. The lowest BCUT2D eigenvalue weighted by atomic mass is 10.1. The zero-order valence-electron chi connectivity index (χ0n) is 12.1. The number of carbonyl (C=O) groups is 1. The highest BCUT2D eigenvalue weighted by molar-refractivity contribution is 6.30. The molecule has 0 aliphatic heterocycles. The van der Waals surface area contributed by atoms with Crippen LogP contribution in [-0.2, 0) is 11.2 Å². The number of carboxylic acid groups (broad SMARTS) is 1.